The van der Waals surface area contributed by atoms with Gasteiger partial charge < -0.3 is 9.84 Å². The second-order valence-electron chi connectivity index (χ2n) is 4.11. The molecule has 0 saturated heterocycles. The zero-order chi connectivity index (χ0) is 13.8. The lowest BCUT2D eigenvalue weighted by Crippen LogP contribution is -1.99. The van der Waals surface area contributed by atoms with Gasteiger partial charge in [0.25, 0.3) is 0 Å². The Balaban J connectivity index is 2.34. The van der Waals surface area contributed by atoms with Crippen molar-refractivity contribution in [3.8, 4) is 16.9 Å². The number of methoxy groups -OCH3 is 1. The van der Waals surface area contributed by atoms with Gasteiger partial charge in [-0.15, -0.1) is 0 Å². The third-order valence-electron chi connectivity index (χ3n) is 2.79. The van der Waals surface area contributed by atoms with Crippen molar-refractivity contribution >= 4 is 17.6 Å². The van der Waals surface area contributed by atoms with Gasteiger partial charge in [0, 0.05) is 10.6 Å². The highest BCUT2D eigenvalue weighted by Crippen LogP contribution is 2.31. The summed E-state index contributed by atoms with van der Waals surface area (Å²) in [6, 6.07) is 12.7. The molecule has 0 amide bonds. The minimum atomic E-state index is -0.841. The quantitative estimate of drug-likeness (QED) is 0.927. The highest BCUT2D eigenvalue weighted by Gasteiger charge is 2.06. The van der Waals surface area contributed by atoms with Gasteiger partial charge in [0.15, 0.2) is 0 Å². The summed E-state index contributed by atoms with van der Waals surface area (Å²) in [7, 11) is 1.60. The second kappa shape index (κ2) is 5.76. The van der Waals surface area contributed by atoms with Gasteiger partial charge >= 0.3 is 5.97 Å². The van der Waals surface area contributed by atoms with Crippen molar-refractivity contribution in [1.29, 1.82) is 0 Å². The van der Waals surface area contributed by atoms with Crippen LogP contribution in [0.1, 0.15) is 5.56 Å². The SMILES string of the molecule is COc1ccc(Cl)c(-c2ccc(CC(=O)O)cc2)c1. The first-order valence-electron chi connectivity index (χ1n) is 5.75. The molecular formula is C15H13ClO3. The van der Waals surface area contributed by atoms with Crippen LogP contribution in [0.2, 0.25) is 5.02 Å². The van der Waals surface area contributed by atoms with Crippen molar-refractivity contribution in [3.63, 3.8) is 0 Å². The van der Waals surface area contributed by atoms with Gasteiger partial charge in [0.2, 0.25) is 0 Å². The number of rotatable bonds is 4. The standard InChI is InChI=1S/C15H13ClO3/c1-19-12-6-7-14(16)13(9-12)11-4-2-10(3-5-11)8-15(17)18/h2-7,9H,8H2,1H3,(H,17,18). The zero-order valence-electron chi connectivity index (χ0n) is 10.4. The van der Waals surface area contributed by atoms with Crippen LogP contribution in [0.4, 0.5) is 0 Å². The largest absolute Gasteiger partial charge is 0.497 e. The zero-order valence-corrected chi connectivity index (χ0v) is 11.1. The second-order valence-corrected chi connectivity index (χ2v) is 4.52. The van der Waals surface area contributed by atoms with Crippen LogP contribution < -0.4 is 4.74 Å². The molecule has 3 nitrogen and oxygen atoms in total. The topological polar surface area (TPSA) is 46.5 Å². The Bertz CT molecular complexity index is 591. The van der Waals surface area contributed by atoms with E-state index in [2.05, 4.69) is 0 Å². The van der Waals surface area contributed by atoms with Gasteiger partial charge in [-0.1, -0.05) is 35.9 Å². The molecule has 0 spiro atoms. The Labute approximate surface area is 116 Å². The number of carboxylic acid groups (broad SMARTS) is 1. The van der Waals surface area contributed by atoms with Crippen molar-refractivity contribution < 1.29 is 14.6 Å². The summed E-state index contributed by atoms with van der Waals surface area (Å²) in [5.41, 5.74) is 2.55. The molecule has 0 radical (unpaired) electrons. The van der Waals surface area contributed by atoms with Crippen LogP contribution in [0, 0.1) is 0 Å². The molecule has 0 aliphatic rings. The number of benzene rings is 2. The highest BCUT2D eigenvalue weighted by molar-refractivity contribution is 6.33. The van der Waals surface area contributed by atoms with E-state index >= 15 is 0 Å². The van der Waals surface area contributed by atoms with Crippen molar-refractivity contribution in [1.82, 2.24) is 0 Å². The maximum atomic E-state index is 10.6. The molecule has 2 aromatic carbocycles. The van der Waals surface area contributed by atoms with Gasteiger partial charge in [-0.05, 0) is 29.3 Å². The highest BCUT2D eigenvalue weighted by atomic mass is 35.5. The Hall–Kier alpha value is -2.00. The molecule has 2 aromatic rings. The fourth-order valence-electron chi connectivity index (χ4n) is 1.83. The minimum absolute atomic E-state index is 0.0200. The fourth-order valence-corrected chi connectivity index (χ4v) is 2.06. The van der Waals surface area contributed by atoms with Crippen molar-refractivity contribution in [3.05, 3.63) is 53.1 Å². The predicted octanol–water partition coefficient (Wildman–Crippen LogP) is 3.64. The molecule has 98 valence electrons. The van der Waals surface area contributed by atoms with Crippen LogP contribution in [0.3, 0.4) is 0 Å². The molecule has 0 aliphatic heterocycles. The summed E-state index contributed by atoms with van der Waals surface area (Å²) in [6.07, 6.45) is 0.0200. The smallest absolute Gasteiger partial charge is 0.307 e. The molecular weight excluding hydrogens is 264 g/mol. The Kier molecular flexibility index (Phi) is 4.07. The number of halogens is 1. The Morgan fingerprint density at radius 3 is 2.47 bits per heavy atom. The van der Waals surface area contributed by atoms with Crippen LogP contribution >= 0.6 is 11.6 Å². The number of carbonyl (C=O) groups is 1. The van der Waals surface area contributed by atoms with Crippen molar-refractivity contribution in [2.24, 2.45) is 0 Å². The number of hydrogen-bond donors (Lipinski definition) is 1. The maximum Gasteiger partial charge on any atom is 0.307 e. The molecule has 0 fully saturated rings. The molecule has 0 saturated carbocycles. The molecule has 0 unspecified atom stereocenters. The van der Waals surface area contributed by atoms with Crippen LogP contribution in [-0.4, -0.2) is 18.2 Å². The van der Waals surface area contributed by atoms with Gasteiger partial charge in [-0.25, -0.2) is 0 Å². The third kappa shape index (κ3) is 3.26. The van der Waals surface area contributed by atoms with E-state index in [1.807, 2.05) is 18.2 Å². The van der Waals surface area contributed by atoms with E-state index < -0.39 is 5.97 Å². The molecule has 4 heteroatoms. The summed E-state index contributed by atoms with van der Waals surface area (Å²) < 4.78 is 5.17. The summed E-state index contributed by atoms with van der Waals surface area (Å²) in [5, 5.41) is 9.36. The van der Waals surface area contributed by atoms with Crippen molar-refractivity contribution in [2.45, 2.75) is 6.42 Å². The van der Waals surface area contributed by atoms with E-state index in [4.69, 9.17) is 21.4 Å². The lowest BCUT2D eigenvalue weighted by molar-refractivity contribution is -0.136. The summed E-state index contributed by atoms with van der Waals surface area (Å²) in [4.78, 5) is 10.6. The molecule has 0 bridgehead atoms. The van der Waals surface area contributed by atoms with Crippen molar-refractivity contribution in [2.75, 3.05) is 7.11 Å². The van der Waals surface area contributed by atoms with E-state index in [1.165, 1.54) is 0 Å². The van der Waals surface area contributed by atoms with E-state index in [-0.39, 0.29) is 6.42 Å². The molecule has 2 rings (SSSR count). The predicted molar refractivity (Wildman–Crippen MR) is 74.8 cm³/mol. The molecule has 0 heterocycles. The van der Waals surface area contributed by atoms with Crippen LogP contribution in [0.5, 0.6) is 5.75 Å². The average molecular weight is 277 g/mol. The average Bonchev–Trinajstić information content (AvgIpc) is 2.40. The van der Waals surface area contributed by atoms with Gasteiger partial charge in [0.1, 0.15) is 5.75 Å². The van der Waals surface area contributed by atoms with Gasteiger partial charge in [-0.3, -0.25) is 4.79 Å². The van der Waals surface area contributed by atoms with E-state index in [0.717, 1.165) is 22.4 Å². The van der Waals surface area contributed by atoms with E-state index in [0.29, 0.717) is 5.02 Å². The molecule has 0 aliphatic carbocycles. The fraction of sp³-hybridized carbons (Fsp3) is 0.133. The molecule has 1 N–H and O–H groups in total. The monoisotopic (exact) mass is 276 g/mol. The first kappa shape index (κ1) is 13.4. The van der Waals surface area contributed by atoms with Crippen LogP contribution in [0.15, 0.2) is 42.5 Å². The molecule has 0 atom stereocenters. The Morgan fingerprint density at radius 2 is 1.89 bits per heavy atom. The molecule has 0 aromatic heterocycles. The van der Waals surface area contributed by atoms with Crippen LogP contribution in [-0.2, 0) is 11.2 Å². The molecule has 19 heavy (non-hydrogen) atoms. The normalized spacial score (nSPS) is 10.2. The van der Waals surface area contributed by atoms with Crippen LogP contribution in [0.25, 0.3) is 11.1 Å². The maximum absolute atomic E-state index is 10.6. The van der Waals surface area contributed by atoms with Gasteiger partial charge in [0.05, 0.1) is 13.5 Å². The lowest BCUT2D eigenvalue weighted by atomic mass is 10.0. The summed E-state index contributed by atoms with van der Waals surface area (Å²) >= 11 is 6.16. The summed E-state index contributed by atoms with van der Waals surface area (Å²) in [5.74, 6) is -0.110. The number of hydrogen-bond acceptors (Lipinski definition) is 2. The number of aliphatic carboxylic acids is 1. The Morgan fingerprint density at radius 1 is 1.21 bits per heavy atom. The first-order valence-corrected chi connectivity index (χ1v) is 6.12. The van der Waals surface area contributed by atoms with E-state index in [1.54, 1.807) is 31.4 Å². The van der Waals surface area contributed by atoms with E-state index in [9.17, 15) is 4.79 Å². The first-order chi connectivity index (χ1) is 9.10. The number of ether oxygens (including phenoxy) is 1. The minimum Gasteiger partial charge on any atom is -0.497 e. The summed E-state index contributed by atoms with van der Waals surface area (Å²) in [6.45, 7) is 0. The number of carboxylic acids is 1. The van der Waals surface area contributed by atoms with Gasteiger partial charge in [-0.2, -0.15) is 0 Å². The lowest BCUT2D eigenvalue weighted by Gasteiger charge is -2.08. The third-order valence-corrected chi connectivity index (χ3v) is 3.12.